The molecule has 3 nitrogen and oxygen atoms in total. The molecule has 0 fully saturated rings. The van der Waals surface area contributed by atoms with Crippen LogP contribution in [0.4, 0.5) is 5.69 Å². The van der Waals surface area contributed by atoms with Gasteiger partial charge in [0.1, 0.15) is 17.0 Å². The van der Waals surface area contributed by atoms with Crippen LogP contribution in [-0.4, -0.2) is 13.7 Å². The lowest BCUT2D eigenvalue weighted by molar-refractivity contribution is -0.665. The lowest BCUT2D eigenvalue weighted by atomic mass is 9.75. The first-order chi connectivity index (χ1) is 17.4. The quantitative estimate of drug-likeness (QED) is 0.266. The van der Waals surface area contributed by atoms with Crippen LogP contribution < -0.4 is 38.2 Å². The molecule has 2 heterocycles. The molecule has 0 radical (unpaired) electrons. The molecule has 1 aliphatic heterocycles. The predicted molar refractivity (Wildman–Crippen MR) is 156 cm³/mol. The van der Waals surface area contributed by atoms with Crippen molar-refractivity contribution in [3.63, 3.8) is 0 Å². The van der Waals surface area contributed by atoms with Gasteiger partial charge in [0.15, 0.2) is 0 Å². The zero-order chi connectivity index (χ0) is 25.3. The molecule has 0 bridgehead atoms. The number of para-hydroxylation sites is 1. The summed E-state index contributed by atoms with van der Waals surface area (Å²) in [5.74, 6) is 0.904. The number of allylic oxidation sites excluding steroid dienone is 6. The van der Waals surface area contributed by atoms with Crippen LogP contribution in [-0.2, 0) is 6.54 Å². The largest absolute Gasteiger partial charge is 1.00 e. The van der Waals surface area contributed by atoms with Gasteiger partial charge in [-0.1, -0.05) is 67.3 Å². The van der Waals surface area contributed by atoms with Crippen LogP contribution in [0.5, 0.6) is 5.75 Å². The van der Waals surface area contributed by atoms with Crippen molar-refractivity contribution in [2.75, 3.05) is 18.6 Å². The molecule has 3 aromatic rings. The molecule has 0 N–H and O–H groups in total. The molecule has 1 aliphatic carbocycles. The number of aryl methyl sites for hydroxylation is 1. The number of rotatable bonds is 6. The Morgan fingerprint density at radius 1 is 1.11 bits per heavy atom. The van der Waals surface area contributed by atoms with Crippen molar-refractivity contribution in [3.8, 4) is 5.75 Å². The molecular formula is C31H35IN2OS2. The summed E-state index contributed by atoms with van der Waals surface area (Å²) in [4.78, 5) is 3.65. The summed E-state index contributed by atoms with van der Waals surface area (Å²) in [5.41, 5.74) is 5.61. The number of anilines is 1. The van der Waals surface area contributed by atoms with E-state index in [1.165, 1.54) is 42.0 Å². The van der Waals surface area contributed by atoms with E-state index >= 15 is 0 Å². The van der Waals surface area contributed by atoms with E-state index in [2.05, 4.69) is 104 Å². The van der Waals surface area contributed by atoms with E-state index in [1.807, 2.05) is 29.2 Å². The number of thioether (sulfide) groups is 1. The van der Waals surface area contributed by atoms with E-state index in [4.69, 9.17) is 4.74 Å². The molecule has 194 valence electrons. The van der Waals surface area contributed by atoms with Gasteiger partial charge in [0.25, 0.3) is 5.01 Å². The maximum atomic E-state index is 5.45. The fourth-order valence-electron chi connectivity index (χ4n) is 5.26. The SMILES string of the molecule is CCN1/C(=C/C=C/C2=CC(=C\c3sc4ccccc4[n+]3CC)/CC(C)(C)C2)Sc2ccc(OC)cc21.[I-]. The number of benzene rings is 2. The minimum absolute atomic E-state index is 0. The highest BCUT2D eigenvalue weighted by atomic mass is 127. The topological polar surface area (TPSA) is 16.4 Å². The van der Waals surface area contributed by atoms with E-state index in [1.54, 1.807) is 7.11 Å². The van der Waals surface area contributed by atoms with Gasteiger partial charge in [0.2, 0.25) is 5.52 Å². The standard InChI is InChI=1S/C31H35N2OS2.HI/c1-6-32-25-12-8-9-13-27(25)36-30(32)18-23-17-22(20-31(3,4)21-23)11-10-14-29-33(7-2)26-19-24(34-5)15-16-28(26)35-29;/h8-19H,6-7,20-21H2,1-5H3;1H/q+1;/p-1. The zero-order valence-electron chi connectivity index (χ0n) is 22.3. The fourth-order valence-corrected chi connectivity index (χ4v) is 7.59. The number of halogens is 1. The summed E-state index contributed by atoms with van der Waals surface area (Å²) in [7, 11) is 1.73. The van der Waals surface area contributed by atoms with Crippen LogP contribution in [0.1, 0.15) is 45.5 Å². The Morgan fingerprint density at radius 2 is 1.92 bits per heavy atom. The van der Waals surface area contributed by atoms with E-state index in [9.17, 15) is 0 Å². The normalized spacial score (nSPS) is 18.9. The summed E-state index contributed by atoms with van der Waals surface area (Å²) in [6.07, 6.45) is 13.8. The Hall–Kier alpha value is -2.03. The highest BCUT2D eigenvalue weighted by molar-refractivity contribution is 8.03. The summed E-state index contributed by atoms with van der Waals surface area (Å²) < 4.78 is 9.24. The van der Waals surface area contributed by atoms with E-state index in [0.717, 1.165) is 31.7 Å². The number of hydrogen-bond donors (Lipinski definition) is 0. The van der Waals surface area contributed by atoms with Gasteiger partial charge in [-0.2, -0.15) is 4.57 Å². The van der Waals surface area contributed by atoms with Crippen molar-refractivity contribution in [2.24, 2.45) is 5.41 Å². The second-order valence-electron chi connectivity index (χ2n) is 10.2. The minimum atomic E-state index is 0. The minimum Gasteiger partial charge on any atom is -1.00 e. The summed E-state index contributed by atoms with van der Waals surface area (Å²) in [5, 5.41) is 2.60. The van der Waals surface area contributed by atoms with Crippen molar-refractivity contribution in [2.45, 2.75) is 52.0 Å². The first-order valence-electron chi connectivity index (χ1n) is 12.7. The number of fused-ring (bicyclic) bond motifs is 2. The second kappa shape index (κ2) is 11.8. The fraction of sp³-hybridized carbons (Fsp3) is 0.323. The molecule has 0 atom stereocenters. The molecule has 2 aliphatic rings. The number of hydrogen-bond acceptors (Lipinski definition) is 4. The number of thiazole rings is 1. The van der Waals surface area contributed by atoms with Gasteiger partial charge in [-0.3, -0.25) is 0 Å². The Labute approximate surface area is 246 Å². The molecule has 0 amide bonds. The van der Waals surface area contributed by atoms with Gasteiger partial charge < -0.3 is 33.6 Å². The molecule has 0 saturated carbocycles. The van der Waals surface area contributed by atoms with Crippen LogP contribution >= 0.6 is 23.1 Å². The van der Waals surface area contributed by atoms with Crippen molar-refractivity contribution < 1.29 is 33.3 Å². The maximum absolute atomic E-state index is 5.45. The van der Waals surface area contributed by atoms with Gasteiger partial charge in [-0.25, -0.2) is 0 Å². The third-order valence-electron chi connectivity index (χ3n) is 6.80. The summed E-state index contributed by atoms with van der Waals surface area (Å²) >= 11 is 3.72. The maximum Gasteiger partial charge on any atom is 0.263 e. The Kier molecular flexibility index (Phi) is 8.92. The molecule has 0 saturated heterocycles. The van der Waals surface area contributed by atoms with Crippen molar-refractivity contribution >= 4 is 45.1 Å². The zero-order valence-corrected chi connectivity index (χ0v) is 26.0. The Morgan fingerprint density at radius 3 is 2.68 bits per heavy atom. The molecule has 0 spiro atoms. The van der Waals surface area contributed by atoms with Gasteiger partial charge >= 0.3 is 0 Å². The molecule has 37 heavy (non-hydrogen) atoms. The van der Waals surface area contributed by atoms with Crippen molar-refractivity contribution in [3.05, 3.63) is 88.0 Å². The molecule has 2 aromatic carbocycles. The highest BCUT2D eigenvalue weighted by Gasteiger charge is 2.27. The molecule has 0 unspecified atom stereocenters. The Balaban J connectivity index is 0.00000320. The second-order valence-corrected chi connectivity index (χ2v) is 12.3. The molecular weight excluding hydrogens is 607 g/mol. The van der Waals surface area contributed by atoms with Crippen LogP contribution in [0.25, 0.3) is 16.3 Å². The first kappa shape index (κ1) is 28.0. The van der Waals surface area contributed by atoms with Crippen LogP contribution in [0.2, 0.25) is 0 Å². The van der Waals surface area contributed by atoms with Crippen LogP contribution in [0, 0.1) is 5.41 Å². The van der Waals surface area contributed by atoms with Gasteiger partial charge in [-0.15, -0.1) is 0 Å². The number of nitrogens with zero attached hydrogens (tertiary/aromatic N) is 2. The number of aromatic nitrogens is 1. The monoisotopic (exact) mass is 642 g/mol. The number of methoxy groups -OCH3 is 1. The third kappa shape index (κ3) is 6.02. The summed E-state index contributed by atoms with van der Waals surface area (Å²) in [6, 6.07) is 15.1. The van der Waals surface area contributed by atoms with Gasteiger partial charge in [0, 0.05) is 29.6 Å². The lowest BCUT2D eigenvalue weighted by Crippen LogP contribution is -3.00. The molecule has 5 rings (SSSR count). The smallest absolute Gasteiger partial charge is 0.263 e. The highest BCUT2D eigenvalue weighted by Crippen LogP contribution is 2.47. The molecule has 6 heteroatoms. The van der Waals surface area contributed by atoms with Gasteiger partial charge in [-0.05, 0) is 67.5 Å². The molecule has 1 aromatic heterocycles. The van der Waals surface area contributed by atoms with E-state index < -0.39 is 0 Å². The predicted octanol–water partition coefficient (Wildman–Crippen LogP) is 5.38. The van der Waals surface area contributed by atoms with Gasteiger partial charge in [0.05, 0.1) is 17.8 Å². The average Bonchev–Trinajstić information content (AvgIpc) is 3.39. The van der Waals surface area contributed by atoms with Crippen molar-refractivity contribution in [1.82, 2.24) is 0 Å². The van der Waals surface area contributed by atoms with Crippen LogP contribution in [0.3, 0.4) is 0 Å². The lowest BCUT2D eigenvalue weighted by Gasteiger charge is -2.30. The Bertz CT molecular complexity index is 1410. The van der Waals surface area contributed by atoms with Crippen LogP contribution in [0.15, 0.2) is 87.8 Å². The first-order valence-corrected chi connectivity index (χ1v) is 14.4. The third-order valence-corrected chi connectivity index (χ3v) is 9.04. The van der Waals surface area contributed by atoms with E-state index in [-0.39, 0.29) is 29.4 Å². The van der Waals surface area contributed by atoms with E-state index in [0.29, 0.717) is 0 Å². The average molecular weight is 643 g/mol. The summed E-state index contributed by atoms with van der Waals surface area (Å²) in [6.45, 7) is 11.1. The number of ether oxygens (including phenoxy) is 1. The van der Waals surface area contributed by atoms with Crippen molar-refractivity contribution in [1.29, 1.82) is 0 Å².